The van der Waals surface area contributed by atoms with Crippen molar-refractivity contribution in [3.8, 4) is 18.1 Å². The molecule has 2 nitrogen and oxygen atoms in total. The molecule has 0 saturated heterocycles. The summed E-state index contributed by atoms with van der Waals surface area (Å²) in [6, 6.07) is 5.30. The molecule has 1 N–H and O–H groups in total. The molecule has 0 aliphatic rings. The largest absolute Gasteiger partial charge is 0.495 e. The highest BCUT2D eigenvalue weighted by atomic mass is 35.5. The van der Waals surface area contributed by atoms with E-state index in [1.54, 1.807) is 25.3 Å². The minimum absolute atomic E-state index is 0.0534. The zero-order valence-electron chi connectivity index (χ0n) is 8.17. The van der Waals surface area contributed by atoms with Crippen molar-refractivity contribution in [2.45, 2.75) is 13.0 Å². The van der Waals surface area contributed by atoms with E-state index in [0.717, 1.165) is 11.4 Å². The van der Waals surface area contributed by atoms with Gasteiger partial charge in [0.1, 0.15) is 5.75 Å². The first-order chi connectivity index (χ1) is 6.67. The first-order valence-corrected chi connectivity index (χ1v) is 4.61. The van der Waals surface area contributed by atoms with Crippen LogP contribution in [0.15, 0.2) is 18.2 Å². The van der Waals surface area contributed by atoms with E-state index in [2.05, 4.69) is 11.2 Å². The fourth-order valence-electron chi connectivity index (χ4n) is 1.07. The molecule has 0 radical (unpaired) electrons. The van der Waals surface area contributed by atoms with Crippen LogP contribution in [0.25, 0.3) is 0 Å². The Bertz CT molecular complexity index is 357. The fourth-order valence-corrected chi connectivity index (χ4v) is 1.24. The molecule has 0 aromatic heterocycles. The fraction of sp³-hybridized carbons (Fsp3) is 0.273. The van der Waals surface area contributed by atoms with E-state index in [0.29, 0.717) is 5.02 Å². The van der Waals surface area contributed by atoms with Crippen LogP contribution in [0.3, 0.4) is 0 Å². The molecule has 0 fully saturated rings. The second-order valence-corrected chi connectivity index (χ2v) is 3.31. The molecule has 1 unspecified atom stereocenters. The van der Waals surface area contributed by atoms with Gasteiger partial charge in [-0.25, -0.2) is 0 Å². The summed E-state index contributed by atoms with van der Waals surface area (Å²) in [5, 5.41) is 3.76. The molecular formula is C11H12ClNO. The Kier molecular flexibility index (Phi) is 3.67. The van der Waals surface area contributed by atoms with Crippen LogP contribution in [0.1, 0.15) is 6.92 Å². The Morgan fingerprint density at radius 3 is 2.86 bits per heavy atom. The van der Waals surface area contributed by atoms with E-state index in [-0.39, 0.29) is 6.04 Å². The lowest BCUT2D eigenvalue weighted by Crippen LogP contribution is -2.12. The van der Waals surface area contributed by atoms with Gasteiger partial charge < -0.3 is 10.1 Å². The summed E-state index contributed by atoms with van der Waals surface area (Å²) >= 11 is 5.85. The standard InChI is InChI=1S/C11H12ClNO/c1-4-8(2)13-10-7-9(12)5-6-11(10)14-3/h1,5-8,13H,2-3H3. The first kappa shape index (κ1) is 10.7. The van der Waals surface area contributed by atoms with E-state index in [9.17, 15) is 0 Å². The lowest BCUT2D eigenvalue weighted by atomic mass is 10.2. The van der Waals surface area contributed by atoms with Crippen LogP contribution < -0.4 is 10.1 Å². The summed E-state index contributed by atoms with van der Waals surface area (Å²) in [6.45, 7) is 1.89. The molecule has 1 aromatic carbocycles. The third-order valence-corrected chi connectivity index (χ3v) is 2.02. The van der Waals surface area contributed by atoms with Crippen molar-refractivity contribution >= 4 is 17.3 Å². The number of methoxy groups -OCH3 is 1. The molecular weight excluding hydrogens is 198 g/mol. The number of rotatable bonds is 3. The molecule has 1 atom stereocenters. The summed E-state index contributed by atoms with van der Waals surface area (Å²) < 4.78 is 5.16. The Morgan fingerprint density at radius 2 is 2.29 bits per heavy atom. The minimum Gasteiger partial charge on any atom is -0.495 e. The third-order valence-electron chi connectivity index (χ3n) is 1.78. The van der Waals surface area contributed by atoms with Gasteiger partial charge in [-0.3, -0.25) is 0 Å². The van der Waals surface area contributed by atoms with Crippen molar-refractivity contribution in [3.63, 3.8) is 0 Å². The number of halogens is 1. The van der Waals surface area contributed by atoms with Crippen LogP contribution in [0.5, 0.6) is 5.75 Å². The number of hydrogen-bond donors (Lipinski definition) is 1. The first-order valence-electron chi connectivity index (χ1n) is 4.23. The monoisotopic (exact) mass is 209 g/mol. The number of ether oxygens (including phenoxy) is 1. The van der Waals surface area contributed by atoms with Gasteiger partial charge in [-0.1, -0.05) is 17.5 Å². The second-order valence-electron chi connectivity index (χ2n) is 2.88. The van der Waals surface area contributed by atoms with Gasteiger partial charge in [0, 0.05) is 5.02 Å². The average Bonchev–Trinajstić information content (AvgIpc) is 2.18. The summed E-state index contributed by atoms with van der Waals surface area (Å²) in [5.41, 5.74) is 0.811. The van der Waals surface area contributed by atoms with Gasteiger partial charge >= 0.3 is 0 Å². The lowest BCUT2D eigenvalue weighted by Gasteiger charge is -2.13. The highest BCUT2D eigenvalue weighted by Crippen LogP contribution is 2.27. The Labute approximate surface area is 89.2 Å². The van der Waals surface area contributed by atoms with Crippen LogP contribution >= 0.6 is 11.6 Å². The topological polar surface area (TPSA) is 21.3 Å². The lowest BCUT2D eigenvalue weighted by molar-refractivity contribution is 0.416. The van der Waals surface area contributed by atoms with Crippen molar-refractivity contribution < 1.29 is 4.74 Å². The molecule has 3 heteroatoms. The maximum atomic E-state index is 5.85. The molecule has 1 rings (SSSR count). The van der Waals surface area contributed by atoms with Gasteiger partial charge in [-0.2, -0.15) is 0 Å². The number of benzene rings is 1. The van der Waals surface area contributed by atoms with Crippen molar-refractivity contribution in [3.05, 3.63) is 23.2 Å². The van der Waals surface area contributed by atoms with E-state index in [1.165, 1.54) is 0 Å². The molecule has 0 spiro atoms. The normalized spacial score (nSPS) is 11.6. The zero-order valence-corrected chi connectivity index (χ0v) is 8.93. The highest BCUT2D eigenvalue weighted by molar-refractivity contribution is 6.30. The maximum Gasteiger partial charge on any atom is 0.142 e. The third kappa shape index (κ3) is 2.58. The van der Waals surface area contributed by atoms with Crippen LogP contribution in [-0.2, 0) is 0 Å². The van der Waals surface area contributed by atoms with Gasteiger partial charge in [0.15, 0.2) is 0 Å². The number of nitrogens with one attached hydrogen (secondary N) is 1. The minimum atomic E-state index is -0.0534. The van der Waals surface area contributed by atoms with Crippen LogP contribution in [0, 0.1) is 12.3 Å². The molecule has 0 aliphatic carbocycles. The molecule has 14 heavy (non-hydrogen) atoms. The number of anilines is 1. The molecule has 0 amide bonds. The number of hydrogen-bond acceptors (Lipinski definition) is 2. The summed E-state index contributed by atoms with van der Waals surface area (Å²) in [5.74, 6) is 3.31. The molecule has 0 heterocycles. The molecule has 0 saturated carbocycles. The Balaban J connectivity index is 2.94. The molecule has 74 valence electrons. The van der Waals surface area contributed by atoms with Crippen LogP contribution in [-0.4, -0.2) is 13.2 Å². The van der Waals surface area contributed by atoms with E-state index >= 15 is 0 Å². The summed E-state index contributed by atoms with van der Waals surface area (Å²) in [7, 11) is 1.61. The van der Waals surface area contributed by atoms with Crippen molar-refractivity contribution in [1.29, 1.82) is 0 Å². The van der Waals surface area contributed by atoms with Crippen LogP contribution in [0.4, 0.5) is 5.69 Å². The Hall–Kier alpha value is -1.33. The van der Waals surface area contributed by atoms with E-state index in [4.69, 9.17) is 22.8 Å². The quantitative estimate of drug-likeness (QED) is 0.773. The van der Waals surface area contributed by atoms with Crippen molar-refractivity contribution in [2.75, 3.05) is 12.4 Å². The van der Waals surface area contributed by atoms with Gasteiger partial charge in [-0.15, -0.1) is 6.42 Å². The predicted octanol–water partition coefficient (Wildman–Crippen LogP) is 2.78. The van der Waals surface area contributed by atoms with Gasteiger partial charge in [-0.05, 0) is 25.1 Å². The SMILES string of the molecule is C#CC(C)Nc1cc(Cl)ccc1OC. The van der Waals surface area contributed by atoms with E-state index in [1.807, 2.05) is 6.92 Å². The zero-order chi connectivity index (χ0) is 10.6. The van der Waals surface area contributed by atoms with Gasteiger partial charge in [0.25, 0.3) is 0 Å². The summed E-state index contributed by atoms with van der Waals surface area (Å²) in [6.07, 6.45) is 5.26. The molecule has 1 aromatic rings. The van der Waals surface area contributed by atoms with Crippen molar-refractivity contribution in [1.82, 2.24) is 0 Å². The Morgan fingerprint density at radius 1 is 1.57 bits per heavy atom. The second kappa shape index (κ2) is 4.78. The average molecular weight is 210 g/mol. The van der Waals surface area contributed by atoms with Crippen LogP contribution in [0.2, 0.25) is 5.02 Å². The highest BCUT2D eigenvalue weighted by Gasteiger charge is 2.05. The van der Waals surface area contributed by atoms with E-state index < -0.39 is 0 Å². The number of terminal acetylenes is 1. The maximum absolute atomic E-state index is 5.85. The van der Waals surface area contributed by atoms with Crippen molar-refractivity contribution in [2.24, 2.45) is 0 Å². The molecule has 0 aliphatic heterocycles. The van der Waals surface area contributed by atoms with Gasteiger partial charge in [0.05, 0.1) is 18.8 Å². The van der Waals surface area contributed by atoms with Gasteiger partial charge in [0.2, 0.25) is 0 Å². The molecule has 0 bridgehead atoms. The predicted molar refractivity (Wildman–Crippen MR) is 59.9 cm³/mol. The smallest absolute Gasteiger partial charge is 0.142 e. The summed E-state index contributed by atoms with van der Waals surface area (Å²) in [4.78, 5) is 0.